The SMILES string of the molecule is CCNC(=NCC(C)N1CCOCC1)NCCCC(=O)Nc1ccc(Cl)cc1.I. The van der Waals surface area contributed by atoms with Crippen LogP contribution in [0.3, 0.4) is 0 Å². The van der Waals surface area contributed by atoms with Gasteiger partial charge in [0, 0.05) is 49.4 Å². The maximum Gasteiger partial charge on any atom is 0.224 e. The average Bonchev–Trinajstić information content (AvgIpc) is 2.71. The smallest absolute Gasteiger partial charge is 0.224 e. The van der Waals surface area contributed by atoms with E-state index in [1.165, 1.54) is 0 Å². The molecule has 164 valence electrons. The van der Waals surface area contributed by atoms with Gasteiger partial charge in [0.15, 0.2) is 5.96 Å². The summed E-state index contributed by atoms with van der Waals surface area (Å²) in [5, 5.41) is 10.1. The van der Waals surface area contributed by atoms with Crippen LogP contribution in [0.4, 0.5) is 5.69 Å². The lowest BCUT2D eigenvalue weighted by Gasteiger charge is -2.31. The zero-order valence-corrected chi connectivity index (χ0v) is 20.3. The fourth-order valence-electron chi connectivity index (χ4n) is 2.91. The molecule has 1 atom stereocenters. The van der Waals surface area contributed by atoms with Crippen LogP contribution in [0.5, 0.6) is 0 Å². The highest BCUT2D eigenvalue weighted by Crippen LogP contribution is 2.13. The highest BCUT2D eigenvalue weighted by molar-refractivity contribution is 14.0. The second kappa shape index (κ2) is 14.8. The van der Waals surface area contributed by atoms with E-state index >= 15 is 0 Å². The zero-order chi connectivity index (χ0) is 20.2. The Labute approximate surface area is 196 Å². The van der Waals surface area contributed by atoms with E-state index < -0.39 is 0 Å². The van der Waals surface area contributed by atoms with Crippen LogP contribution < -0.4 is 16.0 Å². The van der Waals surface area contributed by atoms with E-state index in [-0.39, 0.29) is 29.9 Å². The summed E-state index contributed by atoms with van der Waals surface area (Å²) < 4.78 is 5.40. The van der Waals surface area contributed by atoms with Crippen molar-refractivity contribution >= 4 is 53.1 Å². The van der Waals surface area contributed by atoms with Gasteiger partial charge in [-0.25, -0.2) is 0 Å². The predicted octanol–water partition coefficient (Wildman–Crippen LogP) is 2.95. The molecule has 0 bridgehead atoms. The Morgan fingerprint density at radius 2 is 1.93 bits per heavy atom. The number of halogens is 2. The van der Waals surface area contributed by atoms with Crippen LogP contribution in [0.1, 0.15) is 26.7 Å². The molecule has 1 aromatic carbocycles. The summed E-state index contributed by atoms with van der Waals surface area (Å²) in [4.78, 5) is 19.1. The molecule has 0 aliphatic carbocycles. The zero-order valence-electron chi connectivity index (χ0n) is 17.2. The molecular weight excluding hydrogens is 505 g/mol. The molecule has 7 nitrogen and oxygen atoms in total. The Morgan fingerprint density at radius 3 is 2.59 bits per heavy atom. The molecule has 1 saturated heterocycles. The second-order valence-electron chi connectivity index (χ2n) is 6.80. The van der Waals surface area contributed by atoms with E-state index in [1.807, 2.05) is 6.92 Å². The summed E-state index contributed by atoms with van der Waals surface area (Å²) in [5.41, 5.74) is 0.759. The van der Waals surface area contributed by atoms with Crippen LogP contribution in [0, 0.1) is 0 Å². The highest BCUT2D eigenvalue weighted by Gasteiger charge is 2.16. The van der Waals surface area contributed by atoms with E-state index in [2.05, 4.69) is 32.8 Å². The van der Waals surface area contributed by atoms with E-state index in [1.54, 1.807) is 24.3 Å². The Kier molecular flexibility index (Phi) is 13.2. The fraction of sp³-hybridized carbons (Fsp3) is 0.600. The number of rotatable bonds is 9. The molecule has 1 aliphatic rings. The first-order chi connectivity index (χ1) is 13.6. The van der Waals surface area contributed by atoms with Crippen molar-refractivity contribution in [1.82, 2.24) is 15.5 Å². The molecule has 0 saturated carbocycles. The molecule has 0 aromatic heterocycles. The largest absolute Gasteiger partial charge is 0.379 e. The van der Waals surface area contributed by atoms with Gasteiger partial charge < -0.3 is 20.7 Å². The number of nitrogens with zero attached hydrogens (tertiary/aromatic N) is 2. The minimum atomic E-state index is -0.00741. The monoisotopic (exact) mass is 537 g/mol. The van der Waals surface area contributed by atoms with Crippen molar-refractivity contribution in [2.45, 2.75) is 32.7 Å². The van der Waals surface area contributed by atoms with Gasteiger partial charge in [-0.3, -0.25) is 14.7 Å². The Hall–Kier alpha value is -1.10. The molecule has 29 heavy (non-hydrogen) atoms. The number of aliphatic imine (C=N–C) groups is 1. The minimum Gasteiger partial charge on any atom is -0.379 e. The van der Waals surface area contributed by atoms with Gasteiger partial charge in [0.1, 0.15) is 0 Å². The number of morpholine rings is 1. The van der Waals surface area contributed by atoms with Crippen LogP contribution in [0.25, 0.3) is 0 Å². The van der Waals surface area contributed by atoms with E-state index in [4.69, 9.17) is 16.3 Å². The van der Waals surface area contributed by atoms with Gasteiger partial charge in [-0.2, -0.15) is 0 Å². The lowest BCUT2D eigenvalue weighted by Crippen LogP contribution is -2.44. The number of carbonyl (C=O) groups is 1. The minimum absolute atomic E-state index is 0. The maximum absolute atomic E-state index is 12.0. The van der Waals surface area contributed by atoms with E-state index in [0.29, 0.717) is 24.0 Å². The van der Waals surface area contributed by atoms with Crippen molar-refractivity contribution in [1.29, 1.82) is 0 Å². The highest BCUT2D eigenvalue weighted by atomic mass is 127. The standard InChI is InChI=1S/C20H32ClN5O2.HI/c1-3-22-20(24-15-16(2)26-11-13-28-14-12-26)23-10-4-5-19(27)25-18-8-6-17(21)7-9-18;/h6-9,16H,3-5,10-15H2,1-2H3,(H,25,27)(H2,22,23,24);1H. The van der Waals surface area contributed by atoms with Crippen LogP contribution in [0.2, 0.25) is 5.02 Å². The lowest BCUT2D eigenvalue weighted by atomic mass is 10.2. The molecule has 1 amide bonds. The first-order valence-electron chi connectivity index (χ1n) is 9.98. The average molecular weight is 538 g/mol. The third-order valence-electron chi connectivity index (χ3n) is 4.53. The topological polar surface area (TPSA) is 78.0 Å². The van der Waals surface area contributed by atoms with Crippen molar-refractivity contribution in [2.24, 2.45) is 4.99 Å². The number of guanidine groups is 1. The number of ether oxygens (including phenoxy) is 1. The number of anilines is 1. The molecular formula is C20H33ClIN5O2. The van der Waals surface area contributed by atoms with Gasteiger partial charge in [0.05, 0.1) is 19.8 Å². The van der Waals surface area contributed by atoms with Crippen LogP contribution in [-0.2, 0) is 9.53 Å². The van der Waals surface area contributed by atoms with Crippen LogP contribution in [0.15, 0.2) is 29.3 Å². The lowest BCUT2D eigenvalue weighted by molar-refractivity contribution is -0.116. The van der Waals surface area contributed by atoms with Crippen LogP contribution >= 0.6 is 35.6 Å². The fourth-order valence-corrected chi connectivity index (χ4v) is 3.04. The van der Waals surface area contributed by atoms with Gasteiger partial charge in [-0.05, 0) is 44.5 Å². The number of carbonyl (C=O) groups excluding carboxylic acids is 1. The molecule has 3 N–H and O–H groups in total. The van der Waals surface area contributed by atoms with Crippen molar-refractivity contribution in [3.8, 4) is 0 Å². The van der Waals surface area contributed by atoms with Crippen molar-refractivity contribution in [3.05, 3.63) is 29.3 Å². The van der Waals surface area contributed by atoms with Gasteiger partial charge in [0.25, 0.3) is 0 Å². The molecule has 0 spiro atoms. The predicted molar refractivity (Wildman–Crippen MR) is 131 cm³/mol. The molecule has 1 aromatic rings. The summed E-state index contributed by atoms with van der Waals surface area (Å²) in [6.45, 7) is 9.97. The summed E-state index contributed by atoms with van der Waals surface area (Å²) in [6.07, 6.45) is 1.17. The molecule has 9 heteroatoms. The first kappa shape index (κ1) is 25.9. The molecule has 0 radical (unpaired) electrons. The summed E-state index contributed by atoms with van der Waals surface area (Å²) in [7, 11) is 0. The number of nitrogens with one attached hydrogen (secondary N) is 3. The van der Waals surface area contributed by atoms with E-state index in [0.717, 1.165) is 57.5 Å². The normalized spacial score (nSPS) is 15.9. The summed E-state index contributed by atoms with van der Waals surface area (Å²) in [6, 6.07) is 7.49. The van der Waals surface area contributed by atoms with Crippen molar-refractivity contribution in [3.63, 3.8) is 0 Å². The molecule has 2 rings (SSSR count). The second-order valence-corrected chi connectivity index (χ2v) is 7.24. The van der Waals surface area contributed by atoms with Gasteiger partial charge >= 0.3 is 0 Å². The number of amides is 1. The Morgan fingerprint density at radius 1 is 1.24 bits per heavy atom. The third-order valence-corrected chi connectivity index (χ3v) is 4.78. The molecule has 1 heterocycles. The molecule has 1 fully saturated rings. The van der Waals surface area contributed by atoms with Crippen molar-refractivity contribution in [2.75, 3.05) is 51.3 Å². The number of hydrogen-bond donors (Lipinski definition) is 3. The Bertz CT molecular complexity index is 624. The summed E-state index contributed by atoms with van der Waals surface area (Å²) in [5.74, 6) is 0.785. The number of hydrogen-bond acceptors (Lipinski definition) is 4. The Balaban J connectivity index is 0.00000420. The van der Waals surface area contributed by atoms with Crippen LogP contribution in [-0.4, -0.2) is 68.7 Å². The van der Waals surface area contributed by atoms with Gasteiger partial charge in [0.2, 0.25) is 5.91 Å². The number of benzene rings is 1. The quantitative estimate of drug-likeness (QED) is 0.195. The first-order valence-corrected chi connectivity index (χ1v) is 10.4. The molecule has 1 aliphatic heterocycles. The van der Waals surface area contributed by atoms with Gasteiger partial charge in [-0.15, -0.1) is 24.0 Å². The third kappa shape index (κ3) is 10.5. The summed E-state index contributed by atoms with van der Waals surface area (Å²) >= 11 is 5.85. The van der Waals surface area contributed by atoms with Crippen molar-refractivity contribution < 1.29 is 9.53 Å². The maximum atomic E-state index is 12.0. The van der Waals surface area contributed by atoms with Gasteiger partial charge in [-0.1, -0.05) is 11.6 Å². The molecule has 1 unspecified atom stereocenters. The van der Waals surface area contributed by atoms with E-state index in [9.17, 15) is 4.79 Å².